The van der Waals surface area contributed by atoms with Crippen molar-refractivity contribution in [3.05, 3.63) is 20.8 Å². The van der Waals surface area contributed by atoms with E-state index in [4.69, 9.17) is 11.6 Å². The molecule has 0 amide bonds. The van der Waals surface area contributed by atoms with Crippen molar-refractivity contribution in [3.63, 3.8) is 0 Å². The summed E-state index contributed by atoms with van der Waals surface area (Å²) in [6.07, 6.45) is 1.12. The number of thiophene rings is 1. The lowest BCUT2D eigenvalue weighted by molar-refractivity contribution is 0.386. The Balaban J connectivity index is 2.51. The van der Waals surface area contributed by atoms with Crippen LogP contribution in [0.4, 0.5) is 0 Å². The summed E-state index contributed by atoms with van der Waals surface area (Å²) >= 11 is 7.69. The van der Waals surface area contributed by atoms with Gasteiger partial charge in [-0.05, 0) is 31.9 Å². The van der Waals surface area contributed by atoms with Gasteiger partial charge in [0, 0.05) is 17.0 Å². The summed E-state index contributed by atoms with van der Waals surface area (Å²) in [5.41, 5.74) is 1.49. The van der Waals surface area contributed by atoms with Gasteiger partial charge in [-0.1, -0.05) is 11.6 Å². The summed E-state index contributed by atoms with van der Waals surface area (Å²) < 4.78 is 0.914. The predicted molar refractivity (Wildman–Crippen MR) is 54.1 cm³/mol. The third kappa shape index (κ3) is 1.28. The fourth-order valence-corrected chi connectivity index (χ4v) is 3.12. The number of halogens is 1. The lowest BCUT2D eigenvalue weighted by Gasteiger charge is -2.31. The Morgan fingerprint density at radius 1 is 1.58 bits per heavy atom. The van der Waals surface area contributed by atoms with Gasteiger partial charge in [0.2, 0.25) is 0 Å². The molecule has 0 saturated carbocycles. The molecule has 0 radical (unpaired) electrons. The van der Waals surface area contributed by atoms with Crippen molar-refractivity contribution < 1.29 is 0 Å². The fraction of sp³-hybridized carbons (Fsp3) is 0.556. The molecule has 0 spiro atoms. The highest BCUT2D eigenvalue weighted by atomic mass is 35.5. The first-order chi connectivity index (χ1) is 5.59. The highest BCUT2D eigenvalue weighted by molar-refractivity contribution is 7.16. The Morgan fingerprint density at radius 3 is 3.00 bits per heavy atom. The van der Waals surface area contributed by atoms with Crippen molar-refractivity contribution in [1.82, 2.24) is 5.32 Å². The van der Waals surface area contributed by atoms with Crippen LogP contribution in [0, 0.1) is 0 Å². The molecule has 12 heavy (non-hydrogen) atoms. The van der Waals surface area contributed by atoms with Crippen LogP contribution < -0.4 is 5.32 Å². The molecule has 0 saturated heterocycles. The topological polar surface area (TPSA) is 12.0 Å². The van der Waals surface area contributed by atoms with Crippen LogP contribution in [0.15, 0.2) is 6.07 Å². The van der Waals surface area contributed by atoms with Crippen molar-refractivity contribution in [3.8, 4) is 0 Å². The first-order valence-electron chi connectivity index (χ1n) is 4.13. The van der Waals surface area contributed by atoms with Crippen LogP contribution in [0.5, 0.6) is 0 Å². The summed E-state index contributed by atoms with van der Waals surface area (Å²) in [4.78, 5) is 1.45. The lowest BCUT2D eigenvalue weighted by Crippen LogP contribution is -2.41. The zero-order valence-electron chi connectivity index (χ0n) is 7.28. The molecular formula is C9H12ClNS. The highest BCUT2D eigenvalue weighted by Gasteiger charge is 2.28. The van der Waals surface area contributed by atoms with Gasteiger partial charge in [0.15, 0.2) is 0 Å². The lowest BCUT2D eigenvalue weighted by atomic mass is 9.91. The number of rotatable bonds is 0. The van der Waals surface area contributed by atoms with Crippen LogP contribution in [0.3, 0.4) is 0 Å². The zero-order chi connectivity index (χ0) is 8.77. The third-order valence-electron chi connectivity index (χ3n) is 2.37. The van der Waals surface area contributed by atoms with E-state index in [0.29, 0.717) is 0 Å². The molecule has 0 fully saturated rings. The zero-order valence-corrected chi connectivity index (χ0v) is 8.85. The molecule has 0 aromatic carbocycles. The second kappa shape index (κ2) is 2.72. The third-order valence-corrected chi connectivity index (χ3v) is 3.70. The average molecular weight is 202 g/mol. The molecular weight excluding hydrogens is 190 g/mol. The minimum atomic E-state index is 0.108. The van der Waals surface area contributed by atoms with Crippen LogP contribution in [0.1, 0.15) is 24.3 Å². The maximum absolute atomic E-state index is 5.97. The molecule has 2 heterocycles. The monoisotopic (exact) mass is 201 g/mol. The van der Waals surface area contributed by atoms with Crippen LogP contribution in [-0.2, 0) is 12.0 Å². The molecule has 66 valence electrons. The van der Waals surface area contributed by atoms with Crippen molar-refractivity contribution in [2.75, 3.05) is 6.54 Å². The van der Waals surface area contributed by atoms with E-state index in [1.165, 1.54) is 10.4 Å². The van der Waals surface area contributed by atoms with Gasteiger partial charge < -0.3 is 5.32 Å². The molecule has 2 rings (SSSR count). The molecule has 1 aromatic rings. The van der Waals surface area contributed by atoms with Crippen LogP contribution in [-0.4, -0.2) is 6.54 Å². The van der Waals surface area contributed by atoms with Gasteiger partial charge in [0.1, 0.15) is 0 Å². The van der Waals surface area contributed by atoms with E-state index >= 15 is 0 Å². The van der Waals surface area contributed by atoms with E-state index < -0.39 is 0 Å². The fourth-order valence-electron chi connectivity index (χ4n) is 1.69. The molecule has 3 heteroatoms. The van der Waals surface area contributed by atoms with Crippen molar-refractivity contribution >= 4 is 22.9 Å². The maximum Gasteiger partial charge on any atom is 0.0934 e. The first kappa shape index (κ1) is 8.54. The molecule has 1 aliphatic heterocycles. The largest absolute Gasteiger partial charge is 0.307 e. The molecule has 1 N–H and O–H groups in total. The Bertz CT molecular complexity index is 303. The smallest absolute Gasteiger partial charge is 0.0934 e. The van der Waals surface area contributed by atoms with Crippen LogP contribution in [0.25, 0.3) is 0 Å². The van der Waals surface area contributed by atoms with Crippen molar-refractivity contribution in [2.45, 2.75) is 25.8 Å². The Labute approximate surface area is 81.7 Å². The summed E-state index contributed by atoms with van der Waals surface area (Å²) in [7, 11) is 0. The summed E-state index contributed by atoms with van der Waals surface area (Å²) in [6, 6.07) is 2.09. The number of hydrogen-bond donors (Lipinski definition) is 1. The minimum absolute atomic E-state index is 0.108. The Morgan fingerprint density at radius 2 is 2.33 bits per heavy atom. The summed E-state index contributed by atoms with van der Waals surface area (Å²) in [5, 5.41) is 3.48. The van der Waals surface area contributed by atoms with E-state index in [1.807, 2.05) is 0 Å². The predicted octanol–water partition coefficient (Wildman–Crippen LogP) is 2.78. The maximum atomic E-state index is 5.97. The molecule has 1 aromatic heterocycles. The molecule has 1 aliphatic rings. The number of nitrogens with one attached hydrogen (secondary N) is 1. The van der Waals surface area contributed by atoms with Crippen molar-refractivity contribution in [2.24, 2.45) is 0 Å². The van der Waals surface area contributed by atoms with Crippen LogP contribution in [0.2, 0.25) is 4.34 Å². The minimum Gasteiger partial charge on any atom is -0.307 e. The van der Waals surface area contributed by atoms with E-state index in [1.54, 1.807) is 11.3 Å². The molecule has 1 nitrogen and oxygen atoms in total. The van der Waals surface area contributed by atoms with Crippen molar-refractivity contribution in [1.29, 1.82) is 0 Å². The normalized spacial score (nSPS) is 20.6. The summed E-state index contributed by atoms with van der Waals surface area (Å²) in [5.74, 6) is 0. The van der Waals surface area contributed by atoms with E-state index in [2.05, 4.69) is 25.2 Å². The van der Waals surface area contributed by atoms with E-state index in [-0.39, 0.29) is 5.54 Å². The Hall–Kier alpha value is -0.0500. The van der Waals surface area contributed by atoms with Gasteiger partial charge in [0.05, 0.1) is 4.34 Å². The highest BCUT2D eigenvalue weighted by Crippen LogP contribution is 2.36. The van der Waals surface area contributed by atoms with Gasteiger partial charge in [-0.25, -0.2) is 0 Å². The second-order valence-electron chi connectivity index (χ2n) is 3.69. The number of hydrogen-bond acceptors (Lipinski definition) is 2. The Kier molecular flexibility index (Phi) is 1.94. The quantitative estimate of drug-likeness (QED) is 0.681. The van der Waals surface area contributed by atoms with Gasteiger partial charge >= 0.3 is 0 Å². The van der Waals surface area contributed by atoms with E-state index in [0.717, 1.165) is 17.3 Å². The standard InChI is InChI=1S/C9H12ClNS/c1-9(2)6-5-8(10)12-7(6)3-4-11-9/h5,11H,3-4H2,1-2H3. The molecule has 0 unspecified atom stereocenters. The van der Waals surface area contributed by atoms with E-state index in [9.17, 15) is 0 Å². The molecule has 0 atom stereocenters. The average Bonchev–Trinajstić information content (AvgIpc) is 2.30. The number of fused-ring (bicyclic) bond motifs is 1. The van der Waals surface area contributed by atoms with Gasteiger partial charge in [-0.2, -0.15) is 0 Å². The van der Waals surface area contributed by atoms with Gasteiger partial charge in [-0.15, -0.1) is 11.3 Å². The molecule has 0 aliphatic carbocycles. The summed E-state index contributed by atoms with van der Waals surface area (Å²) in [6.45, 7) is 5.47. The van der Waals surface area contributed by atoms with Gasteiger partial charge in [0.25, 0.3) is 0 Å². The van der Waals surface area contributed by atoms with Crippen LogP contribution >= 0.6 is 22.9 Å². The SMILES string of the molecule is CC1(C)NCCc2sc(Cl)cc21. The first-order valence-corrected chi connectivity index (χ1v) is 5.33. The molecule has 0 bridgehead atoms. The van der Waals surface area contributed by atoms with Gasteiger partial charge in [-0.3, -0.25) is 0 Å². The second-order valence-corrected chi connectivity index (χ2v) is 5.46.